The zero-order valence-corrected chi connectivity index (χ0v) is 16.2. The first-order chi connectivity index (χ1) is 13.1. The predicted molar refractivity (Wildman–Crippen MR) is 109 cm³/mol. The van der Waals surface area contributed by atoms with Crippen molar-refractivity contribution in [3.05, 3.63) is 35.2 Å². The van der Waals surface area contributed by atoms with Gasteiger partial charge in [0.2, 0.25) is 0 Å². The van der Waals surface area contributed by atoms with Crippen LogP contribution in [0.2, 0.25) is 0 Å². The number of anilines is 2. The molecule has 2 aromatic rings. The lowest BCUT2D eigenvalue weighted by molar-refractivity contribution is 0.153. The molecule has 5 nitrogen and oxygen atoms in total. The van der Waals surface area contributed by atoms with E-state index in [1.54, 1.807) is 0 Å². The molecule has 1 atom stereocenters. The van der Waals surface area contributed by atoms with E-state index in [0.29, 0.717) is 5.92 Å². The van der Waals surface area contributed by atoms with Crippen molar-refractivity contribution in [3.8, 4) is 11.3 Å². The molecule has 0 aliphatic heterocycles. The van der Waals surface area contributed by atoms with E-state index in [4.69, 9.17) is 15.7 Å². The van der Waals surface area contributed by atoms with E-state index in [-0.39, 0.29) is 0 Å². The standard InChI is InChI=1S/C22H30N4O/c1-2-18-22(26-20(27)12-14-6-4-3-5-7-14)25-19-11-8-15-13-16(23)9-10-17(15)21(19)24-18/h9-10,13-14,20,27H,2-8,11-12,23H2,1H3,(H,25,26). The molecule has 0 spiro atoms. The third-order valence-electron chi connectivity index (χ3n) is 5.98. The van der Waals surface area contributed by atoms with E-state index >= 15 is 0 Å². The fraction of sp³-hybridized carbons (Fsp3) is 0.545. The zero-order chi connectivity index (χ0) is 18.8. The average Bonchev–Trinajstić information content (AvgIpc) is 2.67. The molecule has 1 heterocycles. The Balaban J connectivity index is 1.57. The second-order valence-corrected chi connectivity index (χ2v) is 7.98. The molecule has 2 aliphatic rings. The van der Waals surface area contributed by atoms with Crippen molar-refractivity contribution in [2.75, 3.05) is 11.1 Å². The molecule has 0 bridgehead atoms. The van der Waals surface area contributed by atoms with Crippen LogP contribution in [0.25, 0.3) is 11.3 Å². The number of aliphatic hydroxyl groups excluding tert-OH is 1. The number of benzene rings is 1. The number of nitrogen functional groups attached to an aromatic ring is 1. The quantitative estimate of drug-likeness (QED) is 0.548. The highest BCUT2D eigenvalue weighted by Gasteiger charge is 2.23. The molecule has 5 heteroatoms. The maximum absolute atomic E-state index is 10.6. The van der Waals surface area contributed by atoms with E-state index in [0.717, 1.165) is 59.8 Å². The fourth-order valence-corrected chi connectivity index (χ4v) is 4.52. The number of nitrogens with two attached hydrogens (primary N) is 1. The number of hydrogen-bond acceptors (Lipinski definition) is 5. The van der Waals surface area contributed by atoms with Crippen molar-refractivity contribution >= 4 is 11.5 Å². The number of aliphatic hydroxyl groups is 1. The second-order valence-electron chi connectivity index (χ2n) is 7.98. The summed E-state index contributed by atoms with van der Waals surface area (Å²) in [6, 6.07) is 6.04. The van der Waals surface area contributed by atoms with Gasteiger partial charge in [-0.05, 0) is 49.3 Å². The molecule has 1 aromatic heterocycles. The SMILES string of the molecule is CCc1nc2c(nc1NC(O)CC1CCCCC1)CCc1cc(N)ccc1-2. The van der Waals surface area contributed by atoms with Crippen molar-refractivity contribution in [3.63, 3.8) is 0 Å². The smallest absolute Gasteiger partial charge is 0.150 e. The summed E-state index contributed by atoms with van der Waals surface area (Å²) in [6.07, 6.45) is 9.19. The third kappa shape index (κ3) is 3.93. The zero-order valence-electron chi connectivity index (χ0n) is 16.2. The van der Waals surface area contributed by atoms with Crippen LogP contribution in [-0.4, -0.2) is 21.3 Å². The molecule has 4 rings (SSSR count). The monoisotopic (exact) mass is 366 g/mol. The molecule has 1 fully saturated rings. The number of aromatic nitrogens is 2. The van der Waals surface area contributed by atoms with Gasteiger partial charge in [0, 0.05) is 11.3 Å². The first kappa shape index (κ1) is 18.2. The maximum atomic E-state index is 10.6. The Morgan fingerprint density at radius 1 is 1.19 bits per heavy atom. The topological polar surface area (TPSA) is 84.1 Å². The molecule has 1 unspecified atom stereocenters. The normalized spacial score (nSPS) is 17.9. The summed E-state index contributed by atoms with van der Waals surface area (Å²) < 4.78 is 0. The van der Waals surface area contributed by atoms with E-state index in [2.05, 4.69) is 18.3 Å². The molecule has 1 aromatic carbocycles. The Morgan fingerprint density at radius 2 is 2.00 bits per heavy atom. The largest absolute Gasteiger partial charge is 0.399 e. The highest BCUT2D eigenvalue weighted by molar-refractivity contribution is 5.72. The van der Waals surface area contributed by atoms with Crippen LogP contribution in [0, 0.1) is 5.92 Å². The lowest BCUT2D eigenvalue weighted by Gasteiger charge is -2.26. The van der Waals surface area contributed by atoms with Crippen LogP contribution in [0.1, 0.15) is 62.4 Å². The Bertz CT molecular complexity index is 814. The Kier molecular flexibility index (Phi) is 5.30. The summed E-state index contributed by atoms with van der Waals surface area (Å²) >= 11 is 0. The molecule has 144 valence electrons. The van der Waals surface area contributed by atoms with Crippen molar-refractivity contribution < 1.29 is 5.11 Å². The minimum Gasteiger partial charge on any atom is -0.399 e. The summed E-state index contributed by atoms with van der Waals surface area (Å²) in [7, 11) is 0. The maximum Gasteiger partial charge on any atom is 0.150 e. The molecule has 4 N–H and O–H groups in total. The van der Waals surface area contributed by atoms with Crippen LogP contribution in [0.5, 0.6) is 0 Å². The summed E-state index contributed by atoms with van der Waals surface area (Å²) in [4.78, 5) is 9.80. The summed E-state index contributed by atoms with van der Waals surface area (Å²) in [5.41, 5.74) is 12.0. The van der Waals surface area contributed by atoms with E-state index in [1.165, 1.54) is 37.7 Å². The van der Waals surface area contributed by atoms with Crippen LogP contribution in [0.4, 0.5) is 11.5 Å². The molecule has 0 radical (unpaired) electrons. The number of hydrogen-bond donors (Lipinski definition) is 3. The van der Waals surface area contributed by atoms with Crippen molar-refractivity contribution in [1.82, 2.24) is 9.97 Å². The van der Waals surface area contributed by atoms with Gasteiger partial charge >= 0.3 is 0 Å². The van der Waals surface area contributed by atoms with Crippen LogP contribution in [0.15, 0.2) is 18.2 Å². The number of nitrogens with one attached hydrogen (secondary N) is 1. The molecule has 27 heavy (non-hydrogen) atoms. The van der Waals surface area contributed by atoms with Gasteiger partial charge in [-0.25, -0.2) is 9.97 Å². The van der Waals surface area contributed by atoms with Gasteiger partial charge in [0.1, 0.15) is 12.0 Å². The van der Waals surface area contributed by atoms with Gasteiger partial charge in [0.05, 0.1) is 17.1 Å². The first-order valence-electron chi connectivity index (χ1n) is 10.4. The van der Waals surface area contributed by atoms with E-state index in [1.807, 2.05) is 12.1 Å². The predicted octanol–water partition coefficient (Wildman–Crippen LogP) is 4.09. The number of nitrogens with zero attached hydrogens (tertiary/aromatic N) is 2. The average molecular weight is 367 g/mol. The van der Waals surface area contributed by atoms with Gasteiger partial charge < -0.3 is 16.2 Å². The van der Waals surface area contributed by atoms with Gasteiger partial charge in [0.25, 0.3) is 0 Å². The minimum absolute atomic E-state index is 0.554. The van der Waals surface area contributed by atoms with E-state index < -0.39 is 6.23 Å². The van der Waals surface area contributed by atoms with Gasteiger partial charge in [0.15, 0.2) is 0 Å². The van der Waals surface area contributed by atoms with Gasteiger partial charge in [-0.15, -0.1) is 0 Å². The highest BCUT2D eigenvalue weighted by Crippen LogP contribution is 2.34. The number of rotatable bonds is 5. The Hall–Kier alpha value is -2.14. The number of aryl methyl sites for hydroxylation is 3. The van der Waals surface area contributed by atoms with Crippen LogP contribution < -0.4 is 11.1 Å². The molecule has 0 amide bonds. The highest BCUT2D eigenvalue weighted by atomic mass is 16.3. The molecule has 2 aliphatic carbocycles. The molecular formula is C22H30N4O. The van der Waals surface area contributed by atoms with E-state index in [9.17, 15) is 5.11 Å². The summed E-state index contributed by atoms with van der Waals surface area (Å²) in [5, 5.41) is 13.8. The first-order valence-corrected chi connectivity index (χ1v) is 10.4. The summed E-state index contributed by atoms with van der Waals surface area (Å²) in [6.45, 7) is 2.09. The molecule has 1 saturated carbocycles. The Morgan fingerprint density at radius 3 is 2.78 bits per heavy atom. The lowest BCUT2D eigenvalue weighted by atomic mass is 9.86. The Labute approximate surface area is 161 Å². The molecular weight excluding hydrogens is 336 g/mol. The lowest BCUT2D eigenvalue weighted by Crippen LogP contribution is -2.25. The number of fused-ring (bicyclic) bond motifs is 3. The third-order valence-corrected chi connectivity index (χ3v) is 5.98. The second kappa shape index (κ2) is 7.85. The molecule has 0 saturated heterocycles. The van der Waals surface area contributed by atoms with Gasteiger partial charge in [-0.3, -0.25) is 0 Å². The van der Waals surface area contributed by atoms with Crippen LogP contribution in [-0.2, 0) is 19.3 Å². The van der Waals surface area contributed by atoms with Crippen LogP contribution in [0.3, 0.4) is 0 Å². The van der Waals surface area contributed by atoms with Crippen molar-refractivity contribution in [2.24, 2.45) is 5.92 Å². The van der Waals surface area contributed by atoms with Crippen molar-refractivity contribution in [1.29, 1.82) is 0 Å². The fourth-order valence-electron chi connectivity index (χ4n) is 4.52. The van der Waals surface area contributed by atoms with Crippen LogP contribution >= 0.6 is 0 Å². The van der Waals surface area contributed by atoms with Gasteiger partial charge in [-0.2, -0.15) is 0 Å². The summed E-state index contributed by atoms with van der Waals surface area (Å²) in [5.74, 6) is 1.37. The minimum atomic E-state index is -0.554. The van der Waals surface area contributed by atoms with Gasteiger partial charge in [-0.1, -0.05) is 45.1 Å². The van der Waals surface area contributed by atoms with Crippen molar-refractivity contribution in [2.45, 2.75) is 70.9 Å².